The first-order valence-corrected chi connectivity index (χ1v) is 8.87. The summed E-state index contributed by atoms with van der Waals surface area (Å²) in [7, 11) is 0. The molecule has 0 bridgehead atoms. The third-order valence-corrected chi connectivity index (χ3v) is 3.66. The molecule has 0 aliphatic rings. The molecule has 5 nitrogen and oxygen atoms in total. The predicted molar refractivity (Wildman–Crippen MR) is 92.3 cm³/mol. The molecule has 0 aliphatic heterocycles. The van der Waals surface area contributed by atoms with Gasteiger partial charge in [0.15, 0.2) is 0 Å². The van der Waals surface area contributed by atoms with Crippen LogP contribution in [0.4, 0.5) is 0 Å². The van der Waals surface area contributed by atoms with Crippen molar-refractivity contribution >= 4 is 11.9 Å². The van der Waals surface area contributed by atoms with Gasteiger partial charge in [-0.2, -0.15) is 0 Å². The van der Waals surface area contributed by atoms with Crippen LogP contribution >= 0.6 is 0 Å². The second-order valence-electron chi connectivity index (χ2n) is 5.99. The summed E-state index contributed by atoms with van der Waals surface area (Å²) in [5.41, 5.74) is 0. The van der Waals surface area contributed by atoms with E-state index < -0.39 is 24.5 Å². The molecule has 1 amide bonds. The number of hydrogen-bond donors (Lipinski definition) is 3. The molecule has 1 unspecified atom stereocenters. The first-order valence-electron chi connectivity index (χ1n) is 8.87. The molecule has 0 aromatic heterocycles. The number of unbranched alkanes of at least 4 members (excludes halogenated alkanes) is 7. The van der Waals surface area contributed by atoms with Crippen LogP contribution in [0.15, 0.2) is 12.2 Å². The number of nitrogens with one attached hydrogen (secondary N) is 1. The van der Waals surface area contributed by atoms with Crippen molar-refractivity contribution in [2.24, 2.45) is 0 Å². The van der Waals surface area contributed by atoms with Crippen molar-refractivity contribution in [2.75, 3.05) is 6.54 Å². The van der Waals surface area contributed by atoms with Crippen molar-refractivity contribution in [3.05, 3.63) is 12.2 Å². The van der Waals surface area contributed by atoms with E-state index in [1.807, 2.05) is 0 Å². The molecule has 0 aromatic rings. The highest BCUT2D eigenvalue weighted by Crippen LogP contribution is 2.09. The van der Waals surface area contributed by atoms with Crippen LogP contribution in [0.1, 0.15) is 77.6 Å². The van der Waals surface area contributed by atoms with Crippen LogP contribution in [0.3, 0.4) is 0 Å². The predicted octanol–water partition coefficient (Wildman–Crippen LogP) is 3.42. The molecule has 134 valence electrons. The molecule has 0 saturated carbocycles. The van der Waals surface area contributed by atoms with Crippen molar-refractivity contribution in [1.29, 1.82) is 0 Å². The van der Waals surface area contributed by atoms with Gasteiger partial charge in [-0.1, -0.05) is 51.2 Å². The zero-order valence-electron chi connectivity index (χ0n) is 14.4. The second kappa shape index (κ2) is 15.5. The monoisotopic (exact) mass is 327 g/mol. The lowest BCUT2D eigenvalue weighted by Gasteiger charge is -2.09. The molecule has 0 fully saturated rings. The normalized spacial score (nSPS) is 12.4. The number of allylic oxidation sites excluding steroid dienone is 2. The molecular formula is C18H33NO4. The zero-order valence-corrected chi connectivity index (χ0v) is 14.4. The summed E-state index contributed by atoms with van der Waals surface area (Å²) >= 11 is 0. The topological polar surface area (TPSA) is 86.6 Å². The number of carbonyl (C=O) groups is 2. The first kappa shape index (κ1) is 21.6. The average molecular weight is 327 g/mol. The fourth-order valence-electron chi connectivity index (χ4n) is 2.31. The van der Waals surface area contributed by atoms with Crippen molar-refractivity contribution in [3.63, 3.8) is 0 Å². The van der Waals surface area contributed by atoms with Crippen LogP contribution in [0.5, 0.6) is 0 Å². The Bertz CT molecular complexity index is 342. The Balaban J connectivity index is 3.41. The highest BCUT2D eigenvalue weighted by atomic mass is 16.4. The number of carbonyl (C=O) groups excluding carboxylic acids is 1. The molecule has 0 rings (SSSR count). The summed E-state index contributed by atoms with van der Waals surface area (Å²) in [6.45, 7) is 1.82. The van der Waals surface area contributed by atoms with Gasteiger partial charge in [0.2, 0.25) is 5.91 Å². The van der Waals surface area contributed by atoms with Gasteiger partial charge in [-0.15, -0.1) is 0 Å². The maximum Gasteiger partial charge on any atom is 0.322 e. The molecule has 23 heavy (non-hydrogen) atoms. The Labute approximate surface area is 140 Å². The van der Waals surface area contributed by atoms with Gasteiger partial charge in [-0.05, 0) is 32.1 Å². The summed E-state index contributed by atoms with van der Waals surface area (Å²) < 4.78 is 0. The van der Waals surface area contributed by atoms with E-state index >= 15 is 0 Å². The fourth-order valence-corrected chi connectivity index (χ4v) is 2.31. The van der Waals surface area contributed by atoms with Crippen molar-refractivity contribution < 1.29 is 19.8 Å². The van der Waals surface area contributed by atoms with E-state index in [-0.39, 0.29) is 6.42 Å². The zero-order chi connectivity index (χ0) is 17.3. The summed E-state index contributed by atoms with van der Waals surface area (Å²) in [6.07, 6.45) is 14.8. The van der Waals surface area contributed by atoms with Gasteiger partial charge in [0.05, 0.1) is 12.5 Å². The van der Waals surface area contributed by atoms with E-state index in [1.54, 1.807) is 0 Å². The van der Waals surface area contributed by atoms with E-state index in [9.17, 15) is 14.7 Å². The molecule has 5 heteroatoms. The highest BCUT2D eigenvalue weighted by Gasteiger charge is 2.11. The smallest absolute Gasteiger partial charge is 0.322 e. The number of hydrogen-bond acceptors (Lipinski definition) is 3. The standard InChI is InChI=1S/C18H33NO4/c1-2-3-4-5-6-7-8-9-10-11-12-13-16(20)14-17(21)19-15-18(22)23/h7-8,16,20H,2-6,9-15H2,1H3,(H,19,21)(H,22,23)/b8-7-. The van der Waals surface area contributed by atoms with Gasteiger partial charge >= 0.3 is 5.97 Å². The van der Waals surface area contributed by atoms with Crippen LogP contribution in [0.2, 0.25) is 0 Å². The summed E-state index contributed by atoms with van der Waals surface area (Å²) in [4.78, 5) is 21.6. The van der Waals surface area contributed by atoms with Gasteiger partial charge in [0.25, 0.3) is 0 Å². The molecular weight excluding hydrogens is 294 g/mol. The van der Waals surface area contributed by atoms with Crippen LogP contribution in [-0.4, -0.2) is 34.7 Å². The molecule has 0 spiro atoms. The Morgan fingerprint density at radius 2 is 1.61 bits per heavy atom. The number of amides is 1. The molecule has 0 saturated heterocycles. The Kier molecular flexibility index (Phi) is 14.6. The summed E-state index contributed by atoms with van der Waals surface area (Å²) in [5, 5.41) is 20.4. The van der Waals surface area contributed by atoms with E-state index in [1.165, 1.54) is 32.1 Å². The Morgan fingerprint density at radius 3 is 2.17 bits per heavy atom. The van der Waals surface area contributed by atoms with Crippen LogP contribution in [0, 0.1) is 0 Å². The van der Waals surface area contributed by atoms with E-state index in [0.717, 1.165) is 25.7 Å². The molecule has 3 N–H and O–H groups in total. The minimum Gasteiger partial charge on any atom is -0.480 e. The number of carboxylic acids is 1. The lowest BCUT2D eigenvalue weighted by Crippen LogP contribution is -2.31. The SMILES string of the molecule is CCCCCC/C=C\CCCCCC(O)CC(=O)NCC(=O)O. The van der Waals surface area contributed by atoms with Gasteiger partial charge < -0.3 is 15.5 Å². The molecule has 1 atom stereocenters. The van der Waals surface area contributed by atoms with E-state index in [0.29, 0.717) is 6.42 Å². The number of aliphatic carboxylic acids is 1. The molecule has 0 radical (unpaired) electrons. The van der Waals surface area contributed by atoms with Crippen LogP contribution in [0.25, 0.3) is 0 Å². The van der Waals surface area contributed by atoms with Crippen LogP contribution in [-0.2, 0) is 9.59 Å². The number of rotatable bonds is 15. The maximum absolute atomic E-state index is 11.3. The van der Waals surface area contributed by atoms with E-state index in [2.05, 4.69) is 24.4 Å². The summed E-state index contributed by atoms with van der Waals surface area (Å²) in [6, 6.07) is 0. The minimum atomic E-state index is -1.08. The van der Waals surface area contributed by atoms with Gasteiger partial charge in [0.1, 0.15) is 6.54 Å². The average Bonchev–Trinajstić information content (AvgIpc) is 2.50. The Morgan fingerprint density at radius 1 is 1.00 bits per heavy atom. The van der Waals surface area contributed by atoms with Gasteiger partial charge in [0, 0.05) is 0 Å². The third-order valence-electron chi connectivity index (χ3n) is 3.66. The van der Waals surface area contributed by atoms with E-state index in [4.69, 9.17) is 5.11 Å². The van der Waals surface area contributed by atoms with Crippen LogP contribution < -0.4 is 5.32 Å². The maximum atomic E-state index is 11.3. The fraction of sp³-hybridized carbons (Fsp3) is 0.778. The number of aliphatic hydroxyl groups excluding tert-OH is 1. The van der Waals surface area contributed by atoms with Crippen molar-refractivity contribution in [2.45, 2.75) is 83.7 Å². The van der Waals surface area contributed by atoms with Gasteiger partial charge in [-0.25, -0.2) is 0 Å². The molecule has 0 aromatic carbocycles. The quantitative estimate of drug-likeness (QED) is 0.318. The minimum absolute atomic E-state index is 0.0229. The highest BCUT2D eigenvalue weighted by molar-refractivity contribution is 5.81. The van der Waals surface area contributed by atoms with Gasteiger partial charge in [-0.3, -0.25) is 9.59 Å². The summed E-state index contributed by atoms with van der Waals surface area (Å²) in [5.74, 6) is -1.49. The lowest BCUT2D eigenvalue weighted by atomic mass is 10.1. The lowest BCUT2D eigenvalue weighted by molar-refractivity contribution is -0.138. The largest absolute Gasteiger partial charge is 0.480 e. The molecule has 0 heterocycles. The number of aliphatic hydroxyl groups is 1. The third kappa shape index (κ3) is 16.8. The van der Waals surface area contributed by atoms with Crippen molar-refractivity contribution in [1.82, 2.24) is 5.32 Å². The Hall–Kier alpha value is -1.36. The number of carboxylic acid groups (broad SMARTS) is 1. The second-order valence-corrected chi connectivity index (χ2v) is 5.99. The molecule has 0 aliphatic carbocycles. The first-order chi connectivity index (χ1) is 11.1. The van der Waals surface area contributed by atoms with Crippen molar-refractivity contribution in [3.8, 4) is 0 Å².